The van der Waals surface area contributed by atoms with Crippen LogP contribution in [0.25, 0.3) is 11.4 Å². The van der Waals surface area contributed by atoms with Gasteiger partial charge in [0.05, 0.1) is 14.2 Å². The van der Waals surface area contributed by atoms with Gasteiger partial charge in [-0.2, -0.15) is 4.98 Å². The maximum absolute atomic E-state index is 5.47. The van der Waals surface area contributed by atoms with Gasteiger partial charge in [0.2, 0.25) is 11.7 Å². The molecule has 1 saturated carbocycles. The van der Waals surface area contributed by atoms with Crippen LogP contribution in [0.4, 0.5) is 0 Å². The van der Waals surface area contributed by atoms with Crippen LogP contribution in [0.5, 0.6) is 11.5 Å². The number of hydrogen-bond donors (Lipinski definition) is 0. The molecular weight excluding hydrogens is 306 g/mol. The van der Waals surface area contributed by atoms with Gasteiger partial charge in [-0.05, 0) is 42.2 Å². The van der Waals surface area contributed by atoms with Crippen LogP contribution >= 0.6 is 0 Å². The van der Waals surface area contributed by atoms with E-state index in [-0.39, 0.29) is 5.92 Å². The second-order valence-corrected chi connectivity index (χ2v) is 5.76. The van der Waals surface area contributed by atoms with Crippen LogP contribution < -0.4 is 9.47 Å². The van der Waals surface area contributed by atoms with Crippen molar-refractivity contribution >= 4 is 0 Å². The summed E-state index contributed by atoms with van der Waals surface area (Å²) >= 11 is 0. The summed E-state index contributed by atoms with van der Waals surface area (Å²) in [5, 5.41) is 4.11. The lowest BCUT2D eigenvalue weighted by molar-refractivity contribution is 0.355. The normalized spacial score (nSPS) is 19.1. The third-order valence-corrected chi connectivity index (χ3v) is 4.30. The van der Waals surface area contributed by atoms with E-state index in [1.54, 1.807) is 20.4 Å². The number of pyridine rings is 1. The third-order valence-electron chi connectivity index (χ3n) is 4.30. The fraction of sp³-hybridized carbons (Fsp3) is 0.278. The summed E-state index contributed by atoms with van der Waals surface area (Å²) in [6, 6.07) is 9.61. The van der Waals surface area contributed by atoms with Gasteiger partial charge >= 0.3 is 0 Å². The summed E-state index contributed by atoms with van der Waals surface area (Å²) in [7, 11) is 3.21. The van der Waals surface area contributed by atoms with Gasteiger partial charge in [0, 0.05) is 23.9 Å². The van der Waals surface area contributed by atoms with Gasteiger partial charge in [0.1, 0.15) is 0 Å². The molecule has 6 heteroatoms. The zero-order valence-electron chi connectivity index (χ0n) is 13.5. The Labute approximate surface area is 139 Å². The predicted octanol–water partition coefficient (Wildman–Crippen LogP) is 3.42. The van der Waals surface area contributed by atoms with E-state index >= 15 is 0 Å². The zero-order chi connectivity index (χ0) is 16.5. The standard InChI is InChI=1S/C18H17N3O3/c1-22-15-6-5-11(8-16(15)23-2)17-20-18(24-21-17)14-9-13(14)12-4-3-7-19-10-12/h3-8,10,13-14H,9H2,1-2H3/t13-,14+/m0/s1. The van der Waals surface area contributed by atoms with Gasteiger partial charge in [0.15, 0.2) is 11.5 Å². The Morgan fingerprint density at radius 2 is 1.96 bits per heavy atom. The molecule has 0 unspecified atom stereocenters. The molecule has 3 aromatic rings. The molecular formula is C18H17N3O3. The molecule has 1 fully saturated rings. The molecule has 0 amide bonds. The van der Waals surface area contributed by atoms with Crippen LogP contribution in [0.3, 0.4) is 0 Å². The van der Waals surface area contributed by atoms with E-state index in [1.165, 1.54) is 5.56 Å². The van der Waals surface area contributed by atoms with Crippen molar-refractivity contribution in [1.82, 2.24) is 15.1 Å². The Morgan fingerprint density at radius 3 is 2.71 bits per heavy atom. The molecule has 1 aliphatic carbocycles. The number of aromatic nitrogens is 3. The first-order chi connectivity index (χ1) is 11.8. The van der Waals surface area contributed by atoms with Crippen molar-refractivity contribution in [2.45, 2.75) is 18.3 Å². The molecule has 0 N–H and O–H groups in total. The first kappa shape index (κ1) is 14.7. The SMILES string of the molecule is COc1ccc(-c2noc([C@@H]3C[C@H]3c3cccnc3)n2)cc1OC. The van der Waals surface area contributed by atoms with Gasteiger partial charge in [-0.1, -0.05) is 11.2 Å². The Kier molecular flexibility index (Phi) is 3.65. The number of methoxy groups -OCH3 is 2. The molecule has 6 nitrogen and oxygen atoms in total. The Morgan fingerprint density at radius 1 is 1.08 bits per heavy atom. The smallest absolute Gasteiger partial charge is 0.230 e. The summed E-state index contributed by atoms with van der Waals surface area (Å²) in [6.45, 7) is 0. The highest BCUT2D eigenvalue weighted by molar-refractivity contribution is 5.60. The van der Waals surface area contributed by atoms with Gasteiger partial charge in [-0.25, -0.2) is 0 Å². The first-order valence-electron chi connectivity index (χ1n) is 7.76. The number of nitrogens with zero attached hydrogens (tertiary/aromatic N) is 3. The zero-order valence-corrected chi connectivity index (χ0v) is 13.5. The maximum atomic E-state index is 5.47. The molecule has 1 aromatic carbocycles. The van der Waals surface area contributed by atoms with Crippen molar-refractivity contribution in [2.24, 2.45) is 0 Å². The van der Waals surface area contributed by atoms with Gasteiger partial charge in [-0.3, -0.25) is 4.98 Å². The molecule has 2 atom stereocenters. The van der Waals surface area contributed by atoms with E-state index in [2.05, 4.69) is 21.2 Å². The summed E-state index contributed by atoms with van der Waals surface area (Å²) < 4.78 is 16.0. The van der Waals surface area contributed by atoms with Gasteiger partial charge in [-0.15, -0.1) is 0 Å². The van der Waals surface area contributed by atoms with Crippen molar-refractivity contribution in [3.63, 3.8) is 0 Å². The minimum absolute atomic E-state index is 0.274. The quantitative estimate of drug-likeness (QED) is 0.716. The summed E-state index contributed by atoms with van der Waals surface area (Å²) in [6.07, 6.45) is 4.69. The van der Waals surface area contributed by atoms with Gasteiger partial charge < -0.3 is 14.0 Å². The number of hydrogen-bond acceptors (Lipinski definition) is 6. The van der Waals surface area contributed by atoms with E-state index < -0.39 is 0 Å². The maximum Gasteiger partial charge on any atom is 0.230 e. The monoisotopic (exact) mass is 323 g/mol. The van der Waals surface area contributed by atoms with Crippen molar-refractivity contribution in [2.75, 3.05) is 14.2 Å². The Bertz CT molecular complexity index is 848. The average Bonchev–Trinajstić information content (AvgIpc) is 3.30. The van der Waals surface area contributed by atoms with E-state index in [4.69, 9.17) is 14.0 Å². The molecule has 2 aromatic heterocycles. The minimum Gasteiger partial charge on any atom is -0.493 e. The van der Waals surface area contributed by atoms with Crippen LogP contribution in [0.2, 0.25) is 0 Å². The average molecular weight is 323 g/mol. The predicted molar refractivity (Wildman–Crippen MR) is 87.2 cm³/mol. The van der Waals surface area contributed by atoms with Crippen LogP contribution in [-0.2, 0) is 0 Å². The molecule has 2 heterocycles. The summed E-state index contributed by atoms with van der Waals surface area (Å²) in [4.78, 5) is 8.72. The highest BCUT2D eigenvalue weighted by Crippen LogP contribution is 2.54. The highest BCUT2D eigenvalue weighted by Gasteiger charge is 2.43. The number of rotatable bonds is 5. The van der Waals surface area contributed by atoms with Crippen LogP contribution in [0.1, 0.15) is 29.7 Å². The van der Waals surface area contributed by atoms with Gasteiger partial charge in [0.25, 0.3) is 0 Å². The van der Waals surface area contributed by atoms with E-state index in [9.17, 15) is 0 Å². The molecule has 0 radical (unpaired) electrons. The number of ether oxygens (including phenoxy) is 2. The van der Waals surface area contributed by atoms with Crippen LogP contribution in [0.15, 0.2) is 47.2 Å². The van der Waals surface area contributed by atoms with E-state index in [0.717, 1.165) is 12.0 Å². The topological polar surface area (TPSA) is 70.3 Å². The molecule has 0 aliphatic heterocycles. The van der Waals surface area contributed by atoms with Crippen molar-refractivity contribution < 1.29 is 14.0 Å². The van der Waals surface area contributed by atoms with Crippen LogP contribution in [-0.4, -0.2) is 29.3 Å². The highest BCUT2D eigenvalue weighted by atomic mass is 16.5. The van der Waals surface area contributed by atoms with Crippen molar-refractivity contribution in [3.05, 3.63) is 54.2 Å². The largest absolute Gasteiger partial charge is 0.493 e. The minimum atomic E-state index is 0.274. The fourth-order valence-corrected chi connectivity index (χ4v) is 2.91. The van der Waals surface area contributed by atoms with Crippen LogP contribution in [0, 0.1) is 0 Å². The van der Waals surface area contributed by atoms with Crippen molar-refractivity contribution in [1.29, 1.82) is 0 Å². The lowest BCUT2D eigenvalue weighted by atomic mass is 10.1. The van der Waals surface area contributed by atoms with E-state index in [0.29, 0.717) is 29.1 Å². The molecule has 0 spiro atoms. The summed E-state index contributed by atoms with van der Waals surface area (Å²) in [5.74, 6) is 3.23. The second-order valence-electron chi connectivity index (χ2n) is 5.76. The van der Waals surface area contributed by atoms with Crippen molar-refractivity contribution in [3.8, 4) is 22.9 Å². The molecule has 122 valence electrons. The lowest BCUT2D eigenvalue weighted by Crippen LogP contribution is -1.91. The third kappa shape index (κ3) is 2.60. The number of benzene rings is 1. The second kappa shape index (κ2) is 5.96. The summed E-state index contributed by atoms with van der Waals surface area (Å²) in [5.41, 5.74) is 2.05. The fourth-order valence-electron chi connectivity index (χ4n) is 2.91. The Balaban J connectivity index is 1.56. The molecule has 0 bridgehead atoms. The van der Waals surface area contributed by atoms with E-state index in [1.807, 2.05) is 30.5 Å². The molecule has 24 heavy (non-hydrogen) atoms. The molecule has 4 rings (SSSR count). The lowest BCUT2D eigenvalue weighted by Gasteiger charge is -2.07. The Hall–Kier alpha value is -2.89. The molecule has 1 aliphatic rings. The first-order valence-corrected chi connectivity index (χ1v) is 7.76. The molecule has 0 saturated heterocycles.